The zero-order valence-corrected chi connectivity index (χ0v) is 14.6. The van der Waals surface area contributed by atoms with Crippen LogP contribution < -0.4 is 16.4 Å². The van der Waals surface area contributed by atoms with Gasteiger partial charge in [0.2, 0.25) is 11.8 Å². The van der Waals surface area contributed by atoms with E-state index in [0.717, 1.165) is 0 Å². The second-order valence-corrected chi connectivity index (χ2v) is 5.86. The number of anilines is 1. The maximum atomic E-state index is 12.5. The van der Waals surface area contributed by atoms with Crippen LogP contribution in [0.15, 0.2) is 48.5 Å². The number of benzene rings is 2. The quantitative estimate of drug-likeness (QED) is 0.580. The van der Waals surface area contributed by atoms with Gasteiger partial charge in [-0.25, -0.2) is 4.79 Å². The van der Waals surface area contributed by atoms with Gasteiger partial charge in [0.05, 0.1) is 16.8 Å². The third kappa shape index (κ3) is 5.40. The molecule has 0 radical (unpaired) electrons. The van der Waals surface area contributed by atoms with Crippen LogP contribution in [0.1, 0.15) is 33.2 Å². The fraction of sp³-hybridized carbons (Fsp3) is 0.158. The number of hydrogen-bond acceptors (Lipinski definition) is 4. The number of carboxylic acid groups (broad SMARTS) is 1. The summed E-state index contributed by atoms with van der Waals surface area (Å²) in [6.45, 7) is 1.32. The molecule has 0 fully saturated rings. The Hall–Kier alpha value is -3.68. The Bertz CT molecular complexity index is 877. The normalized spacial score (nSPS) is 11.3. The number of carbonyl (C=O) groups is 4. The van der Waals surface area contributed by atoms with Crippen molar-refractivity contribution >= 4 is 29.4 Å². The Kier molecular flexibility index (Phi) is 6.27. The molecule has 27 heavy (non-hydrogen) atoms. The molecule has 0 heterocycles. The summed E-state index contributed by atoms with van der Waals surface area (Å²) >= 11 is 0. The van der Waals surface area contributed by atoms with Crippen LogP contribution in [0.25, 0.3) is 0 Å². The molecule has 5 N–H and O–H groups in total. The average Bonchev–Trinajstić information content (AvgIpc) is 2.61. The number of nitrogens with two attached hydrogens (primary N) is 1. The zero-order chi connectivity index (χ0) is 20.0. The molecule has 0 aliphatic rings. The van der Waals surface area contributed by atoms with E-state index >= 15 is 0 Å². The van der Waals surface area contributed by atoms with Crippen LogP contribution in [0.3, 0.4) is 0 Å². The molecule has 0 aliphatic carbocycles. The lowest BCUT2D eigenvalue weighted by Gasteiger charge is -2.17. The van der Waals surface area contributed by atoms with Crippen molar-refractivity contribution in [3.8, 4) is 0 Å². The first-order valence-corrected chi connectivity index (χ1v) is 8.07. The van der Waals surface area contributed by atoms with Gasteiger partial charge in [-0.3, -0.25) is 14.4 Å². The van der Waals surface area contributed by atoms with Crippen LogP contribution in [0, 0.1) is 0 Å². The highest BCUT2D eigenvalue weighted by Gasteiger charge is 2.21. The van der Waals surface area contributed by atoms with E-state index in [1.807, 2.05) is 0 Å². The zero-order valence-electron chi connectivity index (χ0n) is 14.6. The van der Waals surface area contributed by atoms with Crippen LogP contribution in [-0.4, -0.2) is 34.8 Å². The summed E-state index contributed by atoms with van der Waals surface area (Å²) in [5.41, 5.74) is 6.65. The Morgan fingerprint density at radius 2 is 1.67 bits per heavy atom. The van der Waals surface area contributed by atoms with E-state index in [4.69, 9.17) is 10.8 Å². The van der Waals surface area contributed by atoms with E-state index in [9.17, 15) is 19.2 Å². The standard InChI is InChI=1S/C19H19N3O5/c1-11(23)21-15-5-3-2-4-14(15)18(25)22-16(17(20)24)10-12-6-8-13(9-7-12)19(26)27/h2-9,16H,10H2,1H3,(H2,20,24)(H,21,23)(H,22,25)(H,26,27)/t16-/m1/s1. The minimum Gasteiger partial charge on any atom is -0.478 e. The number of carbonyl (C=O) groups excluding carboxylic acids is 3. The smallest absolute Gasteiger partial charge is 0.335 e. The summed E-state index contributed by atoms with van der Waals surface area (Å²) in [5, 5.41) is 14.0. The summed E-state index contributed by atoms with van der Waals surface area (Å²) in [6, 6.07) is 11.3. The first kappa shape index (κ1) is 19.6. The van der Waals surface area contributed by atoms with Gasteiger partial charge in [0, 0.05) is 13.3 Å². The van der Waals surface area contributed by atoms with Crippen molar-refractivity contribution < 1.29 is 24.3 Å². The van der Waals surface area contributed by atoms with E-state index < -0.39 is 23.8 Å². The lowest BCUT2D eigenvalue weighted by atomic mass is 10.0. The summed E-state index contributed by atoms with van der Waals surface area (Å²) in [4.78, 5) is 46.5. The fourth-order valence-electron chi connectivity index (χ4n) is 2.46. The second kappa shape index (κ2) is 8.61. The molecule has 3 amide bonds. The van der Waals surface area contributed by atoms with E-state index in [1.165, 1.54) is 25.1 Å². The van der Waals surface area contributed by atoms with E-state index in [-0.39, 0.29) is 23.5 Å². The SMILES string of the molecule is CC(=O)Nc1ccccc1C(=O)N[C@H](Cc1ccc(C(=O)O)cc1)C(N)=O. The molecule has 0 aromatic heterocycles. The van der Waals surface area contributed by atoms with E-state index in [1.54, 1.807) is 30.3 Å². The van der Waals surface area contributed by atoms with Gasteiger partial charge >= 0.3 is 5.97 Å². The molecule has 2 aromatic carbocycles. The highest BCUT2D eigenvalue weighted by molar-refractivity contribution is 6.04. The fourth-order valence-corrected chi connectivity index (χ4v) is 2.46. The van der Waals surface area contributed by atoms with E-state index in [2.05, 4.69) is 10.6 Å². The van der Waals surface area contributed by atoms with Gasteiger partial charge in [0.15, 0.2) is 0 Å². The maximum absolute atomic E-state index is 12.5. The van der Waals surface area contributed by atoms with Crippen molar-refractivity contribution in [1.82, 2.24) is 5.32 Å². The summed E-state index contributed by atoms with van der Waals surface area (Å²) in [5.74, 6) is -2.69. The van der Waals surface area contributed by atoms with Gasteiger partial charge in [-0.05, 0) is 29.8 Å². The van der Waals surface area contributed by atoms with Crippen molar-refractivity contribution in [2.24, 2.45) is 5.73 Å². The maximum Gasteiger partial charge on any atom is 0.335 e. The number of nitrogens with one attached hydrogen (secondary N) is 2. The molecular formula is C19H19N3O5. The molecule has 0 saturated heterocycles. The lowest BCUT2D eigenvalue weighted by molar-refractivity contribution is -0.119. The number of amides is 3. The number of primary amides is 1. The van der Waals surface area contributed by atoms with E-state index in [0.29, 0.717) is 11.3 Å². The molecular weight excluding hydrogens is 350 g/mol. The van der Waals surface area contributed by atoms with Crippen LogP contribution in [-0.2, 0) is 16.0 Å². The molecule has 0 unspecified atom stereocenters. The van der Waals surface area contributed by atoms with Crippen molar-refractivity contribution in [2.45, 2.75) is 19.4 Å². The monoisotopic (exact) mass is 369 g/mol. The largest absolute Gasteiger partial charge is 0.478 e. The predicted molar refractivity (Wildman–Crippen MR) is 98.3 cm³/mol. The van der Waals surface area contributed by atoms with Crippen LogP contribution >= 0.6 is 0 Å². The molecule has 2 rings (SSSR count). The molecule has 0 aliphatic heterocycles. The Labute approximate surface area is 155 Å². The van der Waals surface area contributed by atoms with Gasteiger partial charge in [0.1, 0.15) is 6.04 Å². The minimum absolute atomic E-state index is 0.100. The van der Waals surface area contributed by atoms with Crippen molar-refractivity contribution in [2.75, 3.05) is 5.32 Å². The third-order valence-electron chi connectivity index (χ3n) is 3.77. The first-order chi connectivity index (χ1) is 12.8. The first-order valence-electron chi connectivity index (χ1n) is 8.07. The predicted octanol–water partition coefficient (Wildman–Crippen LogP) is 1.17. The minimum atomic E-state index is -1.06. The number of hydrogen-bond donors (Lipinski definition) is 4. The molecule has 8 heteroatoms. The van der Waals surface area contributed by atoms with Crippen LogP contribution in [0.5, 0.6) is 0 Å². The molecule has 1 atom stereocenters. The summed E-state index contributed by atoms with van der Waals surface area (Å²) in [7, 11) is 0. The lowest BCUT2D eigenvalue weighted by Crippen LogP contribution is -2.46. The van der Waals surface area contributed by atoms with Crippen molar-refractivity contribution in [1.29, 1.82) is 0 Å². The molecule has 0 spiro atoms. The van der Waals surface area contributed by atoms with Crippen molar-refractivity contribution in [3.63, 3.8) is 0 Å². The Balaban J connectivity index is 2.16. The number of rotatable bonds is 7. The summed E-state index contributed by atoms with van der Waals surface area (Å²) in [6.07, 6.45) is 0.100. The van der Waals surface area contributed by atoms with Crippen LogP contribution in [0.4, 0.5) is 5.69 Å². The second-order valence-electron chi connectivity index (χ2n) is 5.86. The highest BCUT2D eigenvalue weighted by atomic mass is 16.4. The Morgan fingerprint density at radius 3 is 2.22 bits per heavy atom. The molecule has 2 aromatic rings. The van der Waals surface area contributed by atoms with Crippen molar-refractivity contribution in [3.05, 3.63) is 65.2 Å². The number of carboxylic acids is 1. The topological polar surface area (TPSA) is 139 Å². The number of para-hydroxylation sites is 1. The number of aromatic carboxylic acids is 1. The van der Waals surface area contributed by atoms with Crippen LogP contribution in [0.2, 0.25) is 0 Å². The van der Waals surface area contributed by atoms with Gasteiger partial charge in [-0.1, -0.05) is 24.3 Å². The molecule has 0 saturated carbocycles. The highest BCUT2D eigenvalue weighted by Crippen LogP contribution is 2.15. The third-order valence-corrected chi connectivity index (χ3v) is 3.77. The molecule has 8 nitrogen and oxygen atoms in total. The molecule has 0 bridgehead atoms. The van der Waals surface area contributed by atoms with Gasteiger partial charge in [-0.15, -0.1) is 0 Å². The van der Waals surface area contributed by atoms with Gasteiger partial charge < -0.3 is 21.5 Å². The Morgan fingerprint density at radius 1 is 1.04 bits per heavy atom. The van der Waals surface area contributed by atoms with Gasteiger partial charge in [0.25, 0.3) is 5.91 Å². The molecule has 140 valence electrons. The summed E-state index contributed by atoms with van der Waals surface area (Å²) < 4.78 is 0. The average molecular weight is 369 g/mol. The van der Waals surface area contributed by atoms with Gasteiger partial charge in [-0.2, -0.15) is 0 Å².